The fourth-order valence-electron chi connectivity index (χ4n) is 0.975. The van der Waals surface area contributed by atoms with Crippen LogP contribution in [-0.4, -0.2) is 16.7 Å². The molecule has 0 atom stereocenters. The standard InChI is InChI=1S/C8H15N2.C2HF3O2/c1-3-4-5-10-7-6-9(2)8-10;3-2(4,5)1(6)7/h6-8H,3-5H2,1-2H3;(H,6,7)/q+1;/p-1. The third kappa shape index (κ3) is 7.37. The molecule has 1 heterocycles. The third-order valence-electron chi connectivity index (χ3n) is 1.83. The van der Waals surface area contributed by atoms with Crippen molar-refractivity contribution in [1.82, 2.24) is 4.57 Å². The second-order valence-electron chi connectivity index (χ2n) is 3.46. The first-order valence-corrected chi connectivity index (χ1v) is 5.06. The highest BCUT2D eigenvalue weighted by Crippen LogP contribution is 2.11. The molecule has 98 valence electrons. The molecule has 0 unspecified atom stereocenters. The zero-order valence-corrected chi connectivity index (χ0v) is 9.70. The fraction of sp³-hybridized carbons (Fsp3) is 0.600. The molecule has 1 aromatic rings. The van der Waals surface area contributed by atoms with Crippen molar-refractivity contribution in [2.24, 2.45) is 7.05 Å². The van der Waals surface area contributed by atoms with Gasteiger partial charge in [-0.2, -0.15) is 13.2 Å². The Morgan fingerprint density at radius 1 is 1.47 bits per heavy atom. The lowest BCUT2D eigenvalue weighted by atomic mass is 10.3. The Balaban J connectivity index is 0.000000325. The molecule has 0 fully saturated rings. The number of aromatic nitrogens is 2. The van der Waals surface area contributed by atoms with Crippen LogP contribution in [0.4, 0.5) is 13.2 Å². The van der Waals surface area contributed by atoms with Gasteiger partial charge in [-0.1, -0.05) is 13.3 Å². The first-order valence-electron chi connectivity index (χ1n) is 5.06. The Bertz CT molecular complexity index is 348. The number of carboxylic acids is 1. The van der Waals surface area contributed by atoms with Gasteiger partial charge in [0, 0.05) is 0 Å². The minimum absolute atomic E-state index is 1.15. The number of carboxylic acid groups (broad SMARTS) is 1. The zero-order chi connectivity index (χ0) is 13.5. The van der Waals surface area contributed by atoms with Crippen LogP contribution in [0.2, 0.25) is 0 Å². The Hall–Kier alpha value is -1.53. The molecule has 0 aliphatic heterocycles. The average Bonchev–Trinajstić information content (AvgIpc) is 2.60. The molecular weight excluding hydrogens is 237 g/mol. The highest BCUT2D eigenvalue weighted by molar-refractivity contribution is 5.70. The SMILES string of the molecule is CCCC[n+]1ccn(C)c1.O=C([O-])C(F)(F)F. The van der Waals surface area contributed by atoms with E-state index in [9.17, 15) is 13.2 Å². The van der Waals surface area contributed by atoms with E-state index in [1.54, 1.807) is 0 Å². The van der Waals surface area contributed by atoms with Crippen LogP contribution in [0.1, 0.15) is 19.8 Å². The van der Waals surface area contributed by atoms with Gasteiger partial charge >= 0.3 is 6.18 Å². The summed E-state index contributed by atoms with van der Waals surface area (Å²) in [7, 11) is 2.04. The van der Waals surface area contributed by atoms with E-state index in [-0.39, 0.29) is 0 Å². The molecule has 0 amide bonds. The Morgan fingerprint density at radius 3 is 2.29 bits per heavy atom. The largest absolute Gasteiger partial charge is 0.542 e. The third-order valence-corrected chi connectivity index (χ3v) is 1.83. The molecule has 0 radical (unpaired) electrons. The molecule has 0 saturated carbocycles. The van der Waals surface area contributed by atoms with E-state index < -0.39 is 12.1 Å². The summed E-state index contributed by atoms with van der Waals surface area (Å²) in [6, 6.07) is 0. The van der Waals surface area contributed by atoms with Crippen molar-refractivity contribution < 1.29 is 27.6 Å². The zero-order valence-electron chi connectivity index (χ0n) is 9.70. The van der Waals surface area contributed by atoms with E-state index in [4.69, 9.17) is 9.90 Å². The van der Waals surface area contributed by atoms with Crippen LogP contribution in [0, 0.1) is 0 Å². The molecule has 7 heteroatoms. The van der Waals surface area contributed by atoms with Crippen LogP contribution in [0.25, 0.3) is 0 Å². The van der Waals surface area contributed by atoms with Crippen molar-refractivity contribution >= 4 is 5.97 Å². The van der Waals surface area contributed by atoms with Crippen LogP contribution in [-0.2, 0) is 18.4 Å². The first kappa shape index (κ1) is 15.5. The molecule has 0 bridgehead atoms. The number of imidazole rings is 1. The van der Waals surface area contributed by atoms with Crippen LogP contribution in [0.15, 0.2) is 18.7 Å². The van der Waals surface area contributed by atoms with Crippen LogP contribution in [0.3, 0.4) is 0 Å². The smallest absolute Gasteiger partial charge is 0.430 e. The number of unbranched alkanes of at least 4 members (excludes halogenated alkanes) is 1. The van der Waals surface area contributed by atoms with Crippen molar-refractivity contribution in [3.63, 3.8) is 0 Å². The normalized spacial score (nSPS) is 10.6. The summed E-state index contributed by atoms with van der Waals surface area (Å²) in [6.45, 7) is 3.36. The maximum absolute atomic E-state index is 10.5. The number of alkyl halides is 3. The molecule has 0 aliphatic carbocycles. The quantitative estimate of drug-likeness (QED) is 0.732. The van der Waals surface area contributed by atoms with E-state index in [0.29, 0.717) is 0 Å². The van der Waals surface area contributed by atoms with Crippen LogP contribution < -0.4 is 9.67 Å². The number of hydrogen-bond donors (Lipinski definition) is 0. The molecule has 0 N–H and O–H groups in total. The van der Waals surface area contributed by atoms with Crippen molar-refractivity contribution in [2.75, 3.05) is 0 Å². The number of aliphatic carboxylic acids is 1. The topological polar surface area (TPSA) is 48.9 Å². The van der Waals surface area contributed by atoms with Gasteiger partial charge in [-0.25, -0.2) is 9.13 Å². The summed E-state index contributed by atoms with van der Waals surface area (Å²) in [6.07, 6.45) is 3.62. The van der Waals surface area contributed by atoms with Gasteiger partial charge in [-0.15, -0.1) is 0 Å². The number of halogens is 3. The predicted octanol–water partition coefficient (Wildman–Crippen LogP) is 0.411. The molecule has 4 nitrogen and oxygen atoms in total. The van der Waals surface area contributed by atoms with Crippen molar-refractivity contribution in [3.8, 4) is 0 Å². The van der Waals surface area contributed by atoms with Gasteiger partial charge in [0.05, 0.1) is 13.6 Å². The lowest BCUT2D eigenvalue weighted by molar-refractivity contribution is -0.696. The first-order chi connectivity index (χ1) is 7.77. The van der Waals surface area contributed by atoms with Gasteiger partial charge in [0.25, 0.3) is 0 Å². The van der Waals surface area contributed by atoms with E-state index >= 15 is 0 Å². The van der Waals surface area contributed by atoms with Crippen LogP contribution >= 0.6 is 0 Å². The second-order valence-corrected chi connectivity index (χ2v) is 3.46. The summed E-state index contributed by atoms with van der Waals surface area (Å²) in [5.41, 5.74) is 0. The summed E-state index contributed by atoms with van der Waals surface area (Å²) in [4.78, 5) is 8.78. The molecule has 1 aromatic heterocycles. The molecule has 0 spiro atoms. The Labute approximate surface area is 97.3 Å². The summed E-state index contributed by atoms with van der Waals surface area (Å²) < 4.78 is 35.8. The van der Waals surface area contributed by atoms with Gasteiger partial charge < -0.3 is 9.90 Å². The average molecular weight is 252 g/mol. The van der Waals surface area contributed by atoms with Gasteiger partial charge in [-0.3, -0.25) is 0 Å². The molecule has 17 heavy (non-hydrogen) atoms. The minimum Gasteiger partial charge on any atom is -0.542 e. The summed E-state index contributed by atoms with van der Waals surface area (Å²) in [5.74, 6) is -3.01. The Morgan fingerprint density at radius 2 is 2.00 bits per heavy atom. The predicted molar refractivity (Wildman–Crippen MR) is 51.6 cm³/mol. The van der Waals surface area contributed by atoms with Gasteiger partial charge in [0.15, 0.2) is 0 Å². The molecular formula is C10H15F3N2O2. The molecule has 0 aliphatic rings. The van der Waals surface area contributed by atoms with Crippen molar-refractivity contribution in [2.45, 2.75) is 32.5 Å². The van der Waals surface area contributed by atoms with E-state index in [1.165, 1.54) is 12.8 Å². The van der Waals surface area contributed by atoms with Gasteiger partial charge in [-0.05, 0) is 6.42 Å². The van der Waals surface area contributed by atoms with Gasteiger partial charge in [0.2, 0.25) is 6.33 Å². The maximum Gasteiger partial charge on any atom is 0.430 e. The Kier molecular flexibility index (Phi) is 6.30. The lowest BCUT2D eigenvalue weighted by Gasteiger charge is -2.03. The number of aryl methyl sites for hydroxylation is 2. The number of nitrogens with zero attached hydrogens (tertiary/aromatic N) is 2. The number of carbonyl (C=O) groups is 1. The number of rotatable bonds is 3. The summed E-state index contributed by atoms with van der Waals surface area (Å²) >= 11 is 0. The number of hydrogen-bond acceptors (Lipinski definition) is 2. The molecule has 0 saturated heterocycles. The van der Waals surface area contributed by atoms with E-state index in [2.05, 4.69) is 34.8 Å². The van der Waals surface area contributed by atoms with E-state index in [1.807, 2.05) is 7.05 Å². The highest BCUT2D eigenvalue weighted by atomic mass is 19.4. The van der Waals surface area contributed by atoms with Crippen molar-refractivity contribution in [1.29, 1.82) is 0 Å². The number of carbonyl (C=O) groups excluding carboxylic acids is 1. The summed E-state index contributed by atoms with van der Waals surface area (Å²) in [5, 5.41) is 8.78. The molecule has 1 rings (SSSR count). The van der Waals surface area contributed by atoms with Gasteiger partial charge in [0.1, 0.15) is 18.4 Å². The molecule has 0 aromatic carbocycles. The highest BCUT2D eigenvalue weighted by Gasteiger charge is 2.28. The maximum atomic E-state index is 10.5. The fourth-order valence-corrected chi connectivity index (χ4v) is 0.975. The lowest BCUT2D eigenvalue weighted by Crippen LogP contribution is -2.37. The minimum atomic E-state index is -5.19. The van der Waals surface area contributed by atoms with Crippen LogP contribution in [0.5, 0.6) is 0 Å². The monoisotopic (exact) mass is 252 g/mol. The second kappa shape index (κ2) is 6.93. The van der Waals surface area contributed by atoms with Crippen molar-refractivity contribution in [3.05, 3.63) is 18.7 Å². The van der Waals surface area contributed by atoms with E-state index in [0.717, 1.165) is 6.54 Å².